The topological polar surface area (TPSA) is 34.9 Å². The van der Waals surface area contributed by atoms with Crippen LogP contribution in [0.2, 0.25) is 0 Å². The summed E-state index contributed by atoms with van der Waals surface area (Å²) in [5, 5.41) is 0. The van der Waals surface area contributed by atoms with Crippen LogP contribution in [-0.2, 0) is 6.54 Å². The van der Waals surface area contributed by atoms with Gasteiger partial charge in [-0.05, 0) is 39.9 Å². The molecule has 0 saturated carbocycles. The van der Waals surface area contributed by atoms with E-state index in [1.807, 2.05) is 6.92 Å². The first-order valence-electron chi connectivity index (χ1n) is 5.60. The summed E-state index contributed by atoms with van der Waals surface area (Å²) in [7, 11) is 0. The maximum atomic E-state index is 12.0. The van der Waals surface area contributed by atoms with Gasteiger partial charge >= 0.3 is 0 Å². The number of hydrogen-bond donors (Lipinski definition) is 1. The zero-order valence-electron chi connectivity index (χ0n) is 10.7. The van der Waals surface area contributed by atoms with Crippen LogP contribution < -0.4 is 5.56 Å². The lowest BCUT2D eigenvalue weighted by molar-refractivity contribution is 0.234. The van der Waals surface area contributed by atoms with Gasteiger partial charge in [-0.1, -0.05) is 20.8 Å². The third-order valence-corrected chi connectivity index (χ3v) is 4.04. The molecule has 3 nitrogen and oxygen atoms in total. The number of thiol groups is 1. The molecule has 0 N–H and O–H groups in total. The van der Waals surface area contributed by atoms with Crippen molar-refractivity contribution < 1.29 is 0 Å². The zero-order valence-corrected chi connectivity index (χ0v) is 13.2. The van der Waals surface area contributed by atoms with E-state index in [9.17, 15) is 4.79 Å². The second-order valence-electron chi connectivity index (χ2n) is 5.31. The minimum absolute atomic E-state index is 0.0199. The summed E-state index contributed by atoms with van der Waals surface area (Å²) in [6, 6.07) is 0. The van der Waals surface area contributed by atoms with Crippen molar-refractivity contribution >= 4 is 28.6 Å². The second-order valence-corrected chi connectivity index (χ2v) is 6.53. The van der Waals surface area contributed by atoms with E-state index in [0.29, 0.717) is 16.9 Å². The van der Waals surface area contributed by atoms with Crippen LogP contribution in [0.3, 0.4) is 0 Å². The van der Waals surface area contributed by atoms with Crippen LogP contribution in [0, 0.1) is 18.3 Å². The number of nitrogens with zero attached hydrogens (tertiary/aromatic N) is 2. The smallest absolute Gasteiger partial charge is 0.267 e. The highest BCUT2D eigenvalue weighted by molar-refractivity contribution is 9.10. The molecule has 0 radical (unpaired) electrons. The predicted molar refractivity (Wildman–Crippen MR) is 77.7 cm³/mol. The van der Waals surface area contributed by atoms with E-state index < -0.39 is 0 Å². The largest absolute Gasteiger partial charge is 0.296 e. The van der Waals surface area contributed by atoms with E-state index in [4.69, 9.17) is 0 Å². The Balaban J connectivity index is 3.11. The molecule has 0 aliphatic heterocycles. The molecule has 0 amide bonds. The fraction of sp³-hybridized carbons (Fsp3) is 0.667. The molecule has 1 heterocycles. The van der Waals surface area contributed by atoms with E-state index in [2.05, 4.69) is 54.3 Å². The fourth-order valence-electron chi connectivity index (χ4n) is 1.59. The van der Waals surface area contributed by atoms with Crippen molar-refractivity contribution in [2.24, 2.45) is 11.3 Å². The molecule has 1 rings (SSSR count). The van der Waals surface area contributed by atoms with Crippen molar-refractivity contribution in [2.75, 3.05) is 5.75 Å². The maximum Gasteiger partial charge on any atom is 0.267 e. The molecule has 0 fully saturated rings. The van der Waals surface area contributed by atoms with Crippen molar-refractivity contribution in [3.63, 3.8) is 0 Å². The molecule has 17 heavy (non-hydrogen) atoms. The molecule has 1 aromatic rings. The number of aromatic nitrogens is 2. The van der Waals surface area contributed by atoms with Gasteiger partial charge in [-0.3, -0.25) is 9.36 Å². The van der Waals surface area contributed by atoms with Gasteiger partial charge in [-0.2, -0.15) is 12.6 Å². The molecule has 0 saturated heterocycles. The molecule has 5 heteroatoms. The predicted octanol–water partition coefficient (Wildman–Crippen LogP) is 2.91. The minimum Gasteiger partial charge on any atom is -0.296 e. The first-order chi connectivity index (χ1) is 7.77. The number of hydrogen-bond acceptors (Lipinski definition) is 3. The van der Waals surface area contributed by atoms with Crippen LogP contribution in [0.15, 0.2) is 15.5 Å². The lowest BCUT2D eigenvalue weighted by atomic mass is 9.82. The van der Waals surface area contributed by atoms with Gasteiger partial charge in [-0.15, -0.1) is 0 Å². The van der Waals surface area contributed by atoms with Gasteiger partial charge in [0.25, 0.3) is 5.56 Å². The molecule has 1 atom stereocenters. The third kappa shape index (κ3) is 3.58. The summed E-state index contributed by atoms with van der Waals surface area (Å²) in [5.41, 5.74) is 0.101. The van der Waals surface area contributed by atoms with E-state index >= 15 is 0 Å². The fourth-order valence-corrected chi connectivity index (χ4v) is 2.57. The summed E-state index contributed by atoms with van der Waals surface area (Å²) in [6.07, 6.45) is 1.56. The van der Waals surface area contributed by atoms with Gasteiger partial charge in [0, 0.05) is 12.7 Å². The van der Waals surface area contributed by atoms with Crippen molar-refractivity contribution in [1.29, 1.82) is 0 Å². The molecule has 96 valence electrons. The lowest BCUT2D eigenvalue weighted by Crippen LogP contribution is -2.33. The molecule has 0 aromatic carbocycles. The molecular formula is C12H19BrN2OS. The monoisotopic (exact) mass is 318 g/mol. The standard InChI is InChI=1S/C12H19BrN2OS/c1-8-14-5-10(13)11(16)15(8)6-9(7-17)12(2,3)4/h5,9,17H,6-7H2,1-4H3. The van der Waals surface area contributed by atoms with Crippen LogP contribution in [0.25, 0.3) is 0 Å². The van der Waals surface area contributed by atoms with Crippen molar-refractivity contribution in [1.82, 2.24) is 9.55 Å². The highest BCUT2D eigenvalue weighted by atomic mass is 79.9. The van der Waals surface area contributed by atoms with E-state index in [-0.39, 0.29) is 11.0 Å². The summed E-state index contributed by atoms with van der Waals surface area (Å²) in [4.78, 5) is 16.2. The average molecular weight is 319 g/mol. The van der Waals surface area contributed by atoms with Crippen LogP contribution in [0.4, 0.5) is 0 Å². The average Bonchev–Trinajstić information content (AvgIpc) is 2.22. The summed E-state index contributed by atoms with van der Waals surface area (Å²) < 4.78 is 2.23. The zero-order chi connectivity index (χ0) is 13.2. The first kappa shape index (κ1) is 14.8. The van der Waals surface area contributed by atoms with Gasteiger partial charge < -0.3 is 0 Å². The van der Waals surface area contributed by atoms with Gasteiger partial charge in [0.05, 0.1) is 0 Å². The maximum absolute atomic E-state index is 12.0. The molecule has 1 aromatic heterocycles. The van der Waals surface area contributed by atoms with Crippen LogP contribution in [-0.4, -0.2) is 15.3 Å². The Hall–Kier alpha value is -0.290. The number of halogens is 1. The Morgan fingerprint density at radius 3 is 2.59 bits per heavy atom. The Kier molecular flexibility index (Phi) is 4.84. The lowest BCUT2D eigenvalue weighted by Gasteiger charge is -2.30. The van der Waals surface area contributed by atoms with E-state index in [1.54, 1.807) is 10.8 Å². The van der Waals surface area contributed by atoms with Crippen LogP contribution in [0.1, 0.15) is 26.6 Å². The van der Waals surface area contributed by atoms with Gasteiger partial charge in [0.2, 0.25) is 0 Å². The van der Waals surface area contributed by atoms with Gasteiger partial charge in [0.15, 0.2) is 0 Å². The summed E-state index contributed by atoms with van der Waals surface area (Å²) >= 11 is 7.61. The Morgan fingerprint density at radius 2 is 2.12 bits per heavy atom. The highest BCUT2D eigenvalue weighted by Crippen LogP contribution is 2.28. The Morgan fingerprint density at radius 1 is 1.53 bits per heavy atom. The van der Waals surface area contributed by atoms with Crippen LogP contribution >= 0.6 is 28.6 Å². The quantitative estimate of drug-likeness (QED) is 0.870. The van der Waals surface area contributed by atoms with E-state index in [0.717, 1.165) is 11.6 Å². The van der Waals surface area contributed by atoms with Gasteiger partial charge in [-0.25, -0.2) is 4.98 Å². The minimum atomic E-state index is -0.0199. The van der Waals surface area contributed by atoms with E-state index in [1.165, 1.54) is 0 Å². The molecule has 0 aliphatic rings. The Bertz CT molecular complexity index is 451. The van der Waals surface area contributed by atoms with Gasteiger partial charge in [0.1, 0.15) is 10.3 Å². The second kappa shape index (κ2) is 5.57. The normalized spacial score (nSPS) is 13.8. The van der Waals surface area contributed by atoms with Crippen LogP contribution in [0.5, 0.6) is 0 Å². The molecule has 1 unspecified atom stereocenters. The molecular weight excluding hydrogens is 300 g/mol. The molecule has 0 aliphatic carbocycles. The van der Waals surface area contributed by atoms with Crippen molar-refractivity contribution in [3.05, 3.63) is 26.8 Å². The third-order valence-electron chi connectivity index (χ3n) is 3.05. The summed E-state index contributed by atoms with van der Waals surface area (Å²) in [6.45, 7) is 9.01. The number of aryl methyl sites for hydroxylation is 1. The first-order valence-corrected chi connectivity index (χ1v) is 7.02. The SMILES string of the molecule is Cc1ncc(Br)c(=O)n1CC(CS)C(C)(C)C. The summed E-state index contributed by atoms with van der Waals surface area (Å²) in [5.74, 6) is 1.83. The van der Waals surface area contributed by atoms with Crippen molar-refractivity contribution in [3.8, 4) is 0 Å². The number of rotatable bonds is 3. The highest BCUT2D eigenvalue weighted by Gasteiger charge is 2.24. The molecule has 0 spiro atoms. The van der Waals surface area contributed by atoms with Crippen molar-refractivity contribution in [2.45, 2.75) is 34.2 Å². The molecule has 0 bridgehead atoms. The Labute approximate surface area is 116 Å².